The summed E-state index contributed by atoms with van der Waals surface area (Å²) in [6.07, 6.45) is 3.72. The number of aryl methyl sites for hydroxylation is 1. The van der Waals surface area contributed by atoms with Crippen molar-refractivity contribution < 1.29 is 4.74 Å². The predicted octanol–water partition coefficient (Wildman–Crippen LogP) is 3.49. The number of halogens is 1. The lowest BCUT2D eigenvalue weighted by Crippen LogP contribution is -1.99. The van der Waals surface area contributed by atoms with Gasteiger partial charge in [-0.25, -0.2) is 9.97 Å². The molecule has 0 saturated carbocycles. The molecule has 6 heteroatoms. The smallest absolute Gasteiger partial charge is 0.160 e. The summed E-state index contributed by atoms with van der Waals surface area (Å²) in [7, 11) is 1.66. The van der Waals surface area contributed by atoms with E-state index in [0.29, 0.717) is 17.2 Å². The van der Waals surface area contributed by atoms with Gasteiger partial charge in [0.05, 0.1) is 19.9 Å². The van der Waals surface area contributed by atoms with Gasteiger partial charge >= 0.3 is 0 Å². The molecule has 5 nitrogen and oxygen atoms in total. The van der Waals surface area contributed by atoms with Gasteiger partial charge in [-0.2, -0.15) is 5.10 Å². The van der Waals surface area contributed by atoms with Crippen molar-refractivity contribution in [2.45, 2.75) is 26.3 Å². The van der Waals surface area contributed by atoms with E-state index in [1.165, 1.54) is 0 Å². The summed E-state index contributed by atoms with van der Waals surface area (Å²) in [4.78, 5) is 8.81. The lowest BCUT2D eigenvalue weighted by Gasteiger charge is -2.03. The molecule has 0 bridgehead atoms. The van der Waals surface area contributed by atoms with Gasteiger partial charge in [0.1, 0.15) is 22.6 Å². The van der Waals surface area contributed by atoms with E-state index in [1.807, 2.05) is 35.1 Å². The summed E-state index contributed by atoms with van der Waals surface area (Å²) in [6.45, 7) is 2.74. The Hall–Kier alpha value is -2.14. The van der Waals surface area contributed by atoms with Crippen molar-refractivity contribution in [3.05, 3.63) is 47.0 Å². The third kappa shape index (κ3) is 3.04. The van der Waals surface area contributed by atoms with Gasteiger partial charge in [0, 0.05) is 6.42 Å². The molecule has 0 aliphatic carbocycles. The maximum Gasteiger partial charge on any atom is 0.160 e. The van der Waals surface area contributed by atoms with Gasteiger partial charge in [0.2, 0.25) is 0 Å². The molecule has 114 valence electrons. The number of nitrogens with zero attached hydrogens (tertiary/aromatic N) is 4. The van der Waals surface area contributed by atoms with Gasteiger partial charge in [0.25, 0.3) is 0 Å². The Morgan fingerprint density at radius 3 is 2.64 bits per heavy atom. The Morgan fingerprint density at radius 2 is 1.95 bits per heavy atom. The number of aromatic nitrogens is 4. The van der Waals surface area contributed by atoms with E-state index >= 15 is 0 Å². The Balaban J connectivity index is 1.89. The van der Waals surface area contributed by atoms with E-state index in [2.05, 4.69) is 22.0 Å². The van der Waals surface area contributed by atoms with Crippen molar-refractivity contribution in [2.75, 3.05) is 7.11 Å². The average Bonchev–Trinajstić information content (AvgIpc) is 2.91. The van der Waals surface area contributed by atoms with Gasteiger partial charge in [-0.1, -0.05) is 30.7 Å². The molecule has 0 unspecified atom stereocenters. The van der Waals surface area contributed by atoms with Gasteiger partial charge in [0.15, 0.2) is 5.15 Å². The second kappa shape index (κ2) is 6.32. The third-order valence-corrected chi connectivity index (χ3v) is 3.66. The average molecular weight is 317 g/mol. The van der Waals surface area contributed by atoms with Crippen LogP contribution >= 0.6 is 11.6 Å². The SMILES string of the molecule is CCCc1nc(Cl)c2nn(Cc3ccc(OC)cc3)cc2n1. The van der Waals surface area contributed by atoms with Crippen LogP contribution in [0.1, 0.15) is 24.7 Å². The Bertz CT molecular complexity index is 783. The molecule has 0 aliphatic rings. The minimum absolute atomic E-state index is 0.418. The molecule has 0 atom stereocenters. The molecule has 22 heavy (non-hydrogen) atoms. The highest BCUT2D eigenvalue weighted by Gasteiger charge is 2.10. The van der Waals surface area contributed by atoms with Crippen molar-refractivity contribution in [3.63, 3.8) is 0 Å². The Morgan fingerprint density at radius 1 is 1.18 bits per heavy atom. The molecule has 0 saturated heterocycles. The fraction of sp³-hybridized carbons (Fsp3) is 0.312. The van der Waals surface area contributed by atoms with Gasteiger partial charge < -0.3 is 4.74 Å². The zero-order chi connectivity index (χ0) is 15.5. The fourth-order valence-electron chi connectivity index (χ4n) is 2.30. The second-order valence-electron chi connectivity index (χ2n) is 5.09. The van der Waals surface area contributed by atoms with Crippen LogP contribution in [-0.2, 0) is 13.0 Å². The molecule has 0 aliphatic heterocycles. The van der Waals surface area contributed by atoms with E-state index in [0.717, 1.165) is 35.5 Å². The summed E-state index contributed by atoms with van der Waals surface area (Å²) in [5.41, 5.74) is 2.57. The van der Waals surface area contributed by atoms with Crippen LogP contribution in [0, 0.1) is 0 Å². The van der Waals surface area contributed by atoms with Crippen molar-refractivity contribution in [1.82, 2.24) is 19.7 Å². The number of fused-ring (bicyclic) bond motifs is 1. The summed E-state index contributed by atoms with van der Waals surface area (Å²) in [6, 6.07) is 7.90. The lowest BCUT2D eigenvalue weighted by molar-refractivity contribution is 0.414. The van der Waals surface area contributed by atoms with Crippen LogP contribution < -0.4 is 4.74 Å². The van der Waals surface area contributed by atoms with Crippen LogP contribution in [-0.4, -0.2) is 26.9 Å². The zero-order valence-electron chi connectivity index (χ0n) is 12.6. The molecule has 2 heterocycles. The first-order valence-electron chi connectivity index (χ1n) is 7.22. The number of rotatable bonds is 5. The molecule has 3 rings (SSSR count). The minimum atomic E-state index is 0.418. The normalized spacial score (nSPS) is 11.0. The van der Waals surface area contributed by atoms with Gasteiger partial charge in [-0.3, -0.25) is 4.68 Å². The first kappa shape index (κ1) is 14.8. The molecule has 0 N–H and O–H groups in total. The fourth-order valence-corrected chi connectivity index (χ4v) is 2.54. The highest BCUT2D eigenvalue weighted by Crippen LogP contribution is 2.20. The van der Waals surface area contributed by atoms with E-state index in [4.69, 9.17) is 16.3 Å². The third-order valence-electron chi connectivity index (χ3n) is 3.39. The minimum Gasteiger partial charge on any atom is -0.497 e. The van der Waals surface area contributed by atoms with Crippen LogP contribution in [0.5, 0.6) is 5.75 Å². The summed E-state index contributed by atoms with van der Waals surface area (Å²) in [5, 5.41) is 4.90. The van der Waals surface area contributed by atoms with E-state index in [1.54, 1.807) is 7.11 Å². The first-order chi connectivity index (χ1) is 10.7. The van der Waals surface area contributed by atoms with Crippen molar-refractivity contribution in [3.8, 4) is 5.75 Å². The van der Waals surface area contributed by atoms with Crippen LogP contribution in [0.15, 0.2) is 30.5 Å². The first-order valence-corrected chi connectivity index (χ1v) is 7.60. The van der Waals surface area contributed by atoms with Gasteiger partial charge in [-0.15, -0.1) is 0 Å². The standard InChI is InChI=1S/C16H17ClN4O/c1-3-4-14-18-13-10-21(20-15(13)16(17)19-14)9-11-5-7-12(22-2)8-6-11/h5-8,10H,3-4,9H2,1-2H3. The van der Waals surface area contributed by atoms with Crippen molar-refractivity contribution >= 4 is 22.6 Å². The molecule has 1 aromatic carbocycles. The van der Waals surface area contributed by atoms with Gasteiger partial charge in [-0.05, 0) is 24.1 Å². The number of hydrogen-bond acceptors (Lipinski definition) is 4. The molecule has 3 aromatic rings. The number of benzene rings is 1. The molecular weight excluding hydrogens is 300 g/mol. The molecule has 0 spiro atoms. The maximum atomic E-state index is 6.21. The molecule has 0 amide bonds. The zero-order valence-corrected chi connectivity index (χ0v) is 13.3. The quantitative estimate of drug-likeness (QED) is 0.676. The highest BCUT2D eigenvalue weighted by molar-refractivity contribution is 6.33. The van der Waals surface area contributed by atoms with Crippen LogP contribution in [0.3, 0.4) is 0 Å². The van der Waals surface area contributed by atoms with Crippen molar-refractivity contribution in [1.29, 1.82) is 0 Å². The Kier molecular flexibility index (Phi) is 4.24. The second-order valence-corrected chi connectivity index (χ2v) is 5.45. The number of hydrogen-bond donors (Lipinski definition) is 0. The molecular formula is C16H17ClN4O. The van der Waals surface area contributed by atoms with E-state index < -0.39 is 0 Å². The van der Waals surface area contributed by atoms with Crippen LogP contribution in [0.2, 0.25) is 5.15 Å². The molecule has 0 fully saturated rings. The van der Waals surface area contributed by atoms with Crippen molar-refractivity contribution in [2.24, 2.45) is 0 Å². The topological polar surface area (TPSA) is 52.8 Å². The summed E-state index contributed by atoms with van der Waals surface area (Å²) < 4.78 is 7.00. The summed E-state index contributed by atoms with van der Waals surface area (Å²) >= 11 is 6.21. The lowest BCUT2D eigenvalue weighted by atomic mass is 10.2. The Labute approximate surface area is 133 Å². The molecule has 0 radical (unpaired) electrons. The van der Waals surface area contributed by atoms with Crippen LogP contribution in [0.25, 0.3) is 11.0 Å². The predicted molar refractivity (Wildman–Crippen MR) is 86.4 cm³/mol. The summed E-state index contributed by atoms with van der Waals surface area (Å²) in [5.74, 6) is 1.61. The largest absolute Gasteiger partial charge is 0.497 e. The van der Waals surface area contributed by atoms with E-state index in [-0.39, 0.29) is 0 Å². The number of ether oxygens (including phenoxy) is 1. The van der Waals surface area contributed by atoms with E-state index in [9.17, 15) is 0 Å². The van der Waals surface area contributed by atoms with Crippen LogP contribution in [0.4, 0.5) is 0 Å². The molecule has 2 aromatic heterocycles. The highest BCUT2D eigenvalue weighted by atomic mass is 35.5. The number of methoxy groups -OCH3 is 1. The monoisotopic (exact) mass is 316 g/mol. The maximum absolute atomic E-state index is 6.21.